The number of piperazine rings is 1. The van der Waals surface area contributed by atoms with Crippen molar-refractivity contribution in [2.75, 3.05) is 43.9 Å². The topological polar surface area (TPSA) is 129 Å². The predicted octanol–water partition coefficient (Wildman–Crippen LogP) is 4.31. The number of halogens is 2. The van der Waals surface area contributed by atoms with Crippen LogP contribution in [-0.2, 0) is 32.6 Å². The van der Waals surface area contributed by atoms with Gasteiger partial charge in [-0.15, -0.1) is 0 Å². The first-order valence-electron chi connectivity index (χ1n) is 15.1. The molecule has 2 saturated heterocycles. The van der Waals surface area contributed by atoms with Crippen LogP contribution in [-0.4, -0.2) is 84.6 Å². The third-order valence-electron chi connectivity index (χ3n) is 8.84. The van der Waals surface area contributed by atoms with E-state index in [1.165, 1.54) is 15.5 Å². The molecule has 0 aliphatic carbocycles. The molecule has 0 radical (unpaired) electrons. The summed E-state index contributed by atoms with van der Waals surface area (Å²) in [6.07, 6.45) is 1.97. The van der Waals surface area contributed by atoms with Gasteiger partial charge in [0.1, 0.15) is 11.9 Å². The van der Waals surface area contributed by atoms with Gasteiger partial charge in [0.05, 0.1) is 43.2 Å². The van der Waals surface area contributed by atoms with Crippen LogP contribution >= 0.6 is 11.6 Å². The van der Waals surface area contributed by atoms with Crippen LogP contribution in [0.25, 0.3) is 10.8 Å². The minimum absolute atomic E-state index is 0.00543. The summed E-state index contributed by atoms with van der Waals surface area (Å²) in [5.41, 5.74) is 2.45. The van der Waals surface area contributed by atoms with E-state index in [0.29, 0.717) is 49.7 Å². The van der Waals surface area contributed by atoms with Crippen molar-refractivity contribution in [2.45, 2.75) is 50.5 Å². The first kappa shape index (κ1) is 32.1. The quantitative estimate of drug-likeness (QED) is 0.338. The number of benzene rings is 2. The largest absolute Gasteiger partial charge is 0.460 e. The first-order chi connectivity index (χ1) is 22.0. The molecule has 1 unspecified atom stereocenters. The summed E-state index contributed by atoms with van der Waals surface area (Å²) in [5, 5.41) is 12.0. The highest BCUT2D eigenvalue weighted by Gasteiger charge is 2.36. The molecule has 11 nitrogen and oxygen atoms in total. The Hall–Kier alpha value is -3.83. The molecule has 3 aromatic rings. The summed E-state index contributed by atoms with van der Waals surface area (Å²) in [6, 6.07) is 13.4. The van der Waals surface area contributed by atoms with Gasteiger partial charge < -0.3 is 19.3 Å². The number of ether oxygens (including phenoxy) is 2. The van der Waals surface area contributed by atoms with Gasteiger partial charge in [-0.1, -0.05) is 48.5 Å². The van der Waals surface area contributed by atoms with Crippen molar-refractivity contribution in [3.05, 3.63) is 70.6 Å². The number of hydrogen-bond acceptors (Lipinski definition) is 9. The highest BCUT2D eigenvalue weighted by atomic mass is 35.5. The summed E-state index contributed by atoms with van der Waals surface area (Å²) in [4.78, 5) is 25.5. The zero-order chi connectivity index (χ0) is 32.6. The second-order valence-electron chi connectivity index (χ2n) is 11.8. The Morgan fingerprint density at radius 1 is 1.17 bits per heavy atom. The molecular weight excluding hydrogens is 635 g/mol. The highest BCUT2D eigenvalue weighted by Crippen LogP contribution is 2.40. The highest BCUT2D eigenvalue weighted by molar-refractivity contribution is 7.88. The Morgan fingerprint density at radius 3 is 2.61 bits per heavy atom. The molecule has 3 aliphatic rings. The van der Waals surface area contributed by atoms with E-state index < -0.39 is 27.8 Å². The van der Waals surface area contributed by atoms with Gasteiger partial charge in [-0.25, -0.2) is 17.1 Å². The Morgan fingerprint density at radius 2 is 1.91 bits per heavy atom. The van der Waals surface area contributed by atoms with Gasteiger partial charge in [0, 0.05) is 55.1 Å². The zero-order valence-corrected chi connectivity index (χ0v) is 26.9. The predicted molar refractivity (Wildman–Crippen MR) is 170 cm³/mol. The molecule has 0 N–H and O–H groups in total. The fourth-order valence-corrected chi connectivity index (χ4v) is 7.68. The van der Waals surface area contributed by atoms with Gasteiger partial charge in [0.25, 0.3) is 5.91 Å². The summed E-state index contributed by atoms with van der Waals surface area (Å²) in [6.45, 7) is 4.77. The second-order valence-corrected chi connectivity index (χ2v) is 14.2. The molecule has 3 aliphatic heterocycles. The standard InChI is InChI=1S/C32H34ClFN6O5S/c1-20(34)31(41)40-16-15-38(18-22(40)9-12-35)30-25-19-44-28(24-7-3-5-21-6-4-8-26(33)29(21)24)17-27(25)36-32(37-30)45-23-10-13-39(14-11-23)46(2,42)43/h3-8,22-23,28H,1,9-11,13-19H2,2H3/t22-,28?/m0/s1. The fraction of sp³-hybridized carbons (Fsp3) is 0.438. The molecule has 0 saturated carbocycles. The third kappa shape index (κ3) is 6.53. The lowest BCUT2D eigenvalue weighted by atomic mass is 9.94. The molecule has 2 aromatic carbocycles. The molecule has 6 rings (SSSR count). The smallest absolute Gasteiger partial charge is 0.318 e. The van der Waals surface area contributed by atoms with Crippen molar-refractivity contribution < 1.29 is 27.1 Å². The van der Waals surface area contributed by atoms with E-state index in [0.717, 1.165) is 27.6 Å². The van der Waals surface area contributed by atoms with E-state index >= 15 is 0 Å². The molecule has 0 bridgehead atoms. The minimum atomic E-state index is -3.30. The number of anilines is 1. The summed E-state index contributed by atoms with van der Waals surface area (Å²) in [7, 11) is -3.30. The van der Waals surface area contributed by atoms with Crippen molar-refractivity contribution in [2.24, 2.45) is 0 Å². The average Bonchev–Trinajstić information content (AvgIpc) is 3.03. The van der Waals surface area contributed by atoms with Crippen LogP contribution in [0.15, 0.2) is 48.8 Å². The van der Waals surface area contributed by atoms with Crippen molar-refractivity contribution in [1.82, 2.24) is 19.2 Å². The van der Waals surface area contributed by atoms with Crippen LogP contribution in [0.4, 0.5) is 10.2 Å². The Labute approximate surface area is 272 Å². The Bertz CT molecular complexity index is 1820. The number of piperidine rings is 1. The van der Waals surface area contributed by atoms with E-state index in [9.17, 15) is 22.9 Å². The van der Waals surface area contributed by atoms with Gasteiger partial charge >= 0.3 is 6.01 Å². The van der Waals surface area contributed by atoms with Crippen molar-refractivity contribution >= 4 is 44.1 Å². The van der Waals surface area contributed by atoms with E-state index in [4.69, 9.17) is 31.0 Å². The van der Waals surface area contributed by atoms with E-state index in [1.807, 2.05) is 41.3 Å². The molecular formula is C32H34ClFN6O5S. The monoisotopic (exact) mass is 668 g/mol. The molecule has 2 atom stereocenters. The molecule has 1 aromatic heterocycles. The maximum absolute atomic E-state index is 13.8. The molecule has 4 heterocycles. The number of carbonyl (C=O) groups excluding carboxylic acids is 1. The maximum atomic E-state index is 13.8. The van der Waals surface area contributed by atoms with E-state index in [2.05, 4.69) is 12.6 Å². The number of rotatable bonds is 7. The Balaban J connectivity index is 1.33. The Kier molecular flexibility index (Phi) is 9.16. The summed E-state index contributed by atoms with van der Waals surface area (Å²) >= 11 is 6.64. The van der Waals surface area contributed by atoms with Crippen molar-refractivity contribution in [3.8, 4) is 12.1 Å². The van der Waals surface area contributed by atoms with Crippen LogP contribution in [0.3, 0.4) is 0 Å². The lowest BCUT2D eigenvalue weighted by molar-refractivity contribution is -0.131. The number of amides is 1. The molecule has 242 valence electrons. The number of nitrogens with zero attached hydrogens (tertiary/aromatic N) is 6. The molecule has 0 spiro atoms. The summed E-state index contributed by atoms with van der Waals surface area (Å²) in [5.74, 6) is -1.33. The average molecular weight is 669 g/mol. The number of sulfonamides is 1. The zero-order valence-electron chi connectivity index (χ0n) is 25.4. The van der Waals surface area contributed by atoms with Crippen LogP contribution in [0.2, 0.25) is 5.02 Å². The van der Waals surface area contributed by atoms with Crippen molar-refractivity contribution in [1.29, 1.82) is 5.26 Å². The SMILES string of the molecule is C=C(F)C(=O)N1CCN(c2nc(OC3CCN(S(C)(=O)=O)CC3)nc3c2COC(c2cccc4cccc(Cl)c24)C3)C[C@@H]1CC#N. The van der Waals surface area contributed by atoms with Crippen LogP contribution in [0.1, 0.15) is 42.2 Å². The second kappa shape index (κ2) is 13.1. The number of fused-ring (bicyclic) bond motifs is 2. The lowest BCUT2D eigenvalue weighted by Gasteiger charge is -2.42. The first-order valence-corrected chi connectivity index (χ1v) is 17.3. The lowest BCUT2D eigenvalue weighted by Crippen LogP contribution is -2.55. The van der Waals surface area contributed by atoms with Gasteiger partial charge in [0.2, 0.25) is 10.0 Å². The van der Waals surface area contributed by atoms with Gasteiger partial charge in [-0.05, 0) is 29.9 Å². The van der Waals surface area contributed by atoms with Gasteiger partial charge in [0.15, 0.2) is 5.83 Å². The number of hydrogen-bond donors (Lipinski definition) is 0. The molecule has 14 heteroatoms. The van der Waals surface area contributed by atoms with Crippen LogP contribution < -0.4 is 9.64 Å². The van der Waals surface area contributed by atoms with Gasteiger partial charge in [-0.2, -0.15) is 15.2 Å². The normalized spacial score (nSPS) is 21.1. The van der Waals surface area contributed by atoms with E-state index in [1.54, 1.807) is 0 Å². The van der Waals surface area contributed by atoms with Crippen molar-refractivity contribution in [3.63, 3.8) is 0 Å². The number of nitriles is 1. The fourth-order valence-electron chi connectivity index (χ4n) is 6.52. The number of aromatic nitrogens is 2. The van der Waals surface area contributed by atoms with Crippen LogP contribution in [0, 0.1) is 11.3 Å². The molecule has 2 fully saturated rings. The van der Waals surface area contributed by atoms with E-state index in [-0.39, 0.29) is 44.3 Å². The van der Waals surface area contributed by atoms with Gasteiger partial charge in [-0.3, -0.25) is 4.79 Å². The minimum Gasteiger partial charge on any atom is -0.460 e. The maximum Gasteiger partial charge on any atom is 0.318 e. The number of carbonyl (C=O) groups is 1. The summed E-state index contributed by atoms with van der Waals surface area (Å²) < 4.78 is 52.0. The molecule has 1 amide bonds. The third-order valence-corrected chi connectivity index (χ3v) is 10.5. The van der Waals surface area contributed by atoms with Crippen LogP contribution in [0.5, 0.6) is 6.01 Å². The molecule has 46 heavy (non-hydrogen) atoms.